The SMILES string of the molecule is O=C1CCCCC1Sc1nnc(C2CC2)n1C1CC1. The van der Waals surface area contributed by atoms with Crippen molar-refractivity contribution in [2.24, 2.45) is 0 Å². The van der Waals surface area contributed by atoms with Crippen LogP contribution in [-0.4, -0.2) is 25.8 Å². The molecule has 3 fully saturated rings. The highest BCUT2D eigenvalue weighted by molar-refractivity contribution is 8.00. The molecule has 5 heteroatoms. The number of hydrogen-bond donors (Lipinski definition) is 0. The Morgan fingerprint density at radius 3 is 2.58 bits per heavy atom. The van der Waals surface area contributed by atoms with Crippen molar-refractivity contribution in [3.8, 4) is 0 Å². The maximum Gasteiger partial charge on any atom is 0.192 e. The van der Waals surface area contributed by atoms with Gasteiger partial charge in [-0.1, -0.05) is 18.2 Å². The van der Waals surface area contributed by atoms with Crippen molar-refractivity contribution in [3.63, 3.8) is 0 Å². The Morgan fingerprint density at radius 1 is 1.05 bits per heavy atom. The zero-order valence-electron chi connectivity index (χ0n) is 11.0. The van der Waals surface area contributed by atoms with Crippen molar-refractivity contribution in [3.05, 3.63) is 5.82 Å². The molecule has 0 amide bonds. The molecule has 0 bridgehead atoms. The zero-order chi connectivity index (χ0) is 12.8. The Labute approximate surface area is 117 Å². The Balaban J connectivity index is 1.58. The van der Waals surface area contributed by atoms with Crippen LogP contribution in [0.25, 0.3) is 0 Å². The summed E-state index contributed by atoms with van der Waals surface area (Å²) >= 11 is 1.67. The van der Waals surface area contributed by atoms with Gasteiger partial charge in [-0.2, -0.15) is 0 Å². The van der Waals surface area contributed by atoms with Gasteiger partial charge in [-0.15, -0.1) is 10.2 Å². The van der Waals surface area contributed by atoms with E-state index in [4.69, 9.17) is 0 Å². The molecule has 1 unspecified atom stereocenters. The van der Waals surface area contributed by atoms with Crippen LogP contribution >= 0.6 is 11.8 Å². The molecule has 4 nitrogen and oxygen atoms in total. The monoisotopic (exact) mass is 277 g/mol. The van der Waals surface area contributed by atoms with E-state index in [1.54, 1.807) is 11.8 Å². The van der Waals surface area contributed by atoms with Gasteiger partial charge in [0, 0.05) is 18.4 Å². The topological polar surface area (TPSA) is 47.8 Å². The molecular formula is C14H19N3OS. The van der Waals surface area contributed by atoms with Crippen LogP contribution in [0.2, 0.25) is 0 Å². The molecule has 19 heavy (non-hydrogen) atoms. The first-order valence-electron chi connectivity index (χ1n) is 7.47. The number of rotatable bonds is 4. The molecule has 4 rings (SSSR count). The number of nitrogens with zero attached hydrogens (tertiary/aromatic N) is 3. The summed E-state index contributed by atoms with van der Waals surface area (Å²) in [5.74, 6) is 2.24. The average molecular weight is 277 g/mol. The second-order valence-corrected chi connectivity index (χ2v) is 7.20. The van der Waals surface area contributed by atoms with Crippen LogP contribution < -0.4 is 0 Å². The van der Waals surface area contributed by atoms with Gasteiger partial charge in [0.25, 0.3) is 0 Å². The van der Waals surface area contributed by atoms with E-state index >= 15 is 0 Å². The molecule has 1 atom stereocenters. The van der Waals surface area contributed by atoms with Crippen LogP contribution in [0, 0.1) is 0 Å². The van der Waals surface area contributed by atoms with Crippen LogP contribution in [0.15, 0.2) is 5.16 Å². The lowest BCUT2D eigenvalue weighted by molar-refractivity contribution is -0.119. The van der Waals surface area contributed by atoms with Crippen LogP contribution in [-0.2, 0) is 4.79 Å². The average Bonchev–Trinajstić information content (AvgIpc) is 3.32. The van der Waals surface area contributed by atoms with E-state index in [2.05, 4.69) is 14.8 Å². The van der Waals surface area contributed by atoms with E-state index in [1.807, 2.05) is 0 Å². The van der Waals surface area contributed by atoms with E-state index in [9.17, 15) is 4.79 Å². The number of carbonyl (C=O) groups is 1. The molecule has 0 aliphatic heterocycles. The molecule has 1 aromatic rings. The highest BCUT2D eigenvalue weighted by atomic mass is 32.2. The number of hydrogen-bond acceptors (Lipinski definition) is 4. The Bertz CT molecular complexity index is 505. The van der Waals surface area contributed by atoms with Crippen LogP contribution in [0.4, 0.5) is 0 Å². The van der Waals surface area contributed by atoms with Gasteiger partial charge in [-0.3, -0.25) is 4.79 Å². The minimum atomic E-state index is 0.127. The van der Waals surface area contributed by atoms with Gasteiger partial charge in [0.15, 0.2) is 5.16 Å². The first kappa shape index (κ1) is 11.9. The van der Waals surface area contributed by atoms with Crippen molar-refractivity contribution in [2.45, 2.75) is 73.7 Å². The molecule has 1 aromatic heterocycles. The van der Waals surface area contributed by atoms with E-state index in [0.717, 1.165) is 24.4 Å². The van der Waals surface area contributed by atoms with Gasteiger partial charge in [-0.25, -0.2) is 0 Å². The third-order valence-corrected chi connectivity index (χ3v) is 5.56. The standard InChI is InChI=1S/C14H19N3OS/c18-11-3-1-2-4-12(11)19-14-16-15-13(9-5-6-9)17(14)10-7-8-10/h9-10,12H,1-8H2. The Morgan fingerprint density at radius 2 is 1.89 bits per heavy atom. The van der Waals surface area contributed by atoms with Crippen molar-refractivity contribution in [1.82, 2.24) is 14.8 Å². The molecule has 0 spiro atoms. The summed E-state index contributed by atoms with van der Waals surface area (Å²) in [5, 5.41) is 9.93. The highest BCUT2D eigenvalue weighted by Gasteiger charge is 2.37. The normalized spacial score (nSPS) is 27.8. The number of aromatic nitrogens is 3. The van der Waals surface area contributed by atoms with Crippen molar-refractivity contribution >= 4 is 17.5 Å². The minimum absolute atomic E-state index is 0.127. The van der Waals surface area contributed by atoms with Gasteiger partial charge in [0.1, 0.15) is 11.6 Å². The maximum atomic E-state index is 12.0. The quantitative estimate of drug-likeness (QED) is 0.848. The first-order valence-corrected chi connectivity index (χ1v) is 8.35. The van der Waals surface area contributed by atoms with Crippen molar-refractivity contribution in [1.29, 1.82) is 0 Å². The number of thioether (sulfide) groups is 1. The van der Waals surface area contributed by atoms with Crippen LogP contribution in [0.3, 0.4) is 0 Å². The largest absolute Gasteiger partial charge is 0.303 e. The van der Waals surface area contributed by atoms with E-state index in [1.165, 1.54) is 37.9 Å². The van der Waals surface area contributed by atoms with Crippen LogP contribution in [0.1, 0.15) is 69.2 Å². The summed E-state index contributed by atoms with van der Waals surface area (Å²) in [6, 6.07) is 0.617. The lowest BCUT2D eigenvalue weighted by atomic mass is 9.99. The minimum Gasteiger partial charge on any atom is -0.303 e. The predicted octanol–water partition coefficient (Wildman–Crippen LogP) is 3.09. The first-order chi connectivity index (χ1) is 9.33. The van der Waals surface area contributed by atoms with Gasteiger partial charge in [0.2, 0.25) is 0 Å². The number of carbonyl (C=O) groups excluding carboxylic acids is 1. The van der Waals surface area contributed by atoms with Crippen LogP contribution in [0.5, 0.6) is 0 Å². The number of ketones is 1. The lowest BCUT2D eigenvalue weighted by Gasteiger charge is -2.19. The fraction of sp³-hybridized carbons (Fsp3) is 0.786. The third kappa shape index (κ3) is 2.33. The fourth-order valence-electron chi connectivity index (χ4n) is 2.87. The van der Waals surface area contributed by atoms with Gasteiger partial charge in [0.05, 0.1) is 5.25 Å². The van der Waals surface area contributed by atoms with Gasteiger partial charge >= 0.3 is 0 Å². The lowest BCUT2D eigenvalue weighted by Crippen LogP contribution is -2.22. The van der Waals surface area contributed by atoms with E-state index in [0.29, 0.717) is 17.7 Å². The second-order valence-electron chi connectivity index (χ2n) is 6.03. The Kier molecular flexibility index (Phi) is 2.90. The van der Waals surface area contributed by atoms with Gasteiger partial charge in [-0.05, 0) is 38.5 Å². The predicted molar refractivity (Wildman–Crippen MR) is 73.4 cm³/mol. The van der Waals surface area contributed by atoms with Crippen molar-refractivity contribution in [2.75, 3.05) is 0 Å². The van der Waals surface area contributed by atoms with E-state index < -0.39 is 0 Å². The third-order valence-electron chi connectivity index (χ3n) is 4.29. The summed E-state index contributed by atoms with van der Waals surface area (Å²) in [7, 11) is 0. The molecule has 102 valence electrons. The highest BCUT2D eigenvalue weighted by Crippen LogP contribution is 2.46. The van der Waals surface area contributed by atoms with Gasteiger partial charge < -0.3 is 4.57 Å². The molecular weight excluding hydrogens is 258 g/mol. The summed E-state index contributed by atoms with van der Waals surface area (Å²) in [5.41, 5.74) is 0. The molecule has 0 N–H and O–H groups in total. The maximum absolute atomic E-state index is 12.0. The Hall–Kier alpha value is -0.840. The fourth-order valence-corrected chi connectivity index (χ4v) is 4.10. The second kappa shape index (κ2) is 4.62. The summed E-state index contributed by atoms with van der Waals surface area (Å²) in [6.07, 6.45) is 9.04. The zero-order valence-corrected chi connectivity index (χ0v) is 11.9. The molecule has 1 heterocycles. The van der Waals surface area contributed by atoms with E-state index in [-0.39, 0.29) is 5.25 Å². The van der Waals surface area contributed by atoms with Crippen molar-refractivity contribution < 1.29 is 4.79 Å². The molecule has 0 radical (unpaired) electrons. The summed E-state index contributed by atoms with van der Waals surface area (Å²) < 4.78 is 2.35. The molecule has 3 aliphatic rings. The summed E-state index contributed by atoms with van der Waals surface area (Å²) in [6.45, 7) is 0. The number of Topliss-reactive ketones (excluding diaryl/α,β-unsaturated/α-hetero) is 1. The smallest absolute Gasteiger partial charge is 0.192 e. The molecule has 3 saturated carbocycles. The molecule has 0 aromatic carbocycles. The molecule has 3 aliphatic carbocycles. The summed E-state index contributed by atoms with van der Waals surface area (Å²) in [4.78, 5) is 12.0. The molecule has 0 saturated heterocycles.